The molecular formula is C62H42N2. The molecule has 0 amide bonds. The first-order valence-corrected chi connectivity index (χ1v) is 22.0. The zero-order chi connectivity index (χ0) is 42.4. The molecule has 0 saturated carbocycles. The van der Waals surface area contributed by atoms with Gasteiger partial charge in [0.05, 0.1) is 17.1 Å². The molecule has 12 aromatic rings. The van der Waals surface area contributed by atoms with Crippen LogP contribution in [0.2, 0.25) is 0 Å². The van der Waals surface area contributed by atoms with Crippen molar-refractivity contribution < 1.29 is 0 Å². The molecule has 0 radical (unpaired) electrons. The number of hydrogen-bond donors (Lipinski definition) is 0. The monoisotopic (exact) mass is 814 g/mol. The summed E-state index contributed by atoms with van der Waals surface area (Å²) in [6, 6.07) is 93.0. The van der Waals surface area contributed by atoms with Crippen molar-refractivity contribution in [3.8, 4) is 22.3 Å². The Morgan fingerprint density at radius 3 is 1.12 bits per heavy atom. The summed E-state index contributed by atoms with van der Waals surface area (Å²) in [6.07, 6.45) is 0. The van der Waals surface area contributed by atoms with Crippen LogP contribution in [0.1, 0.15) is 0 Å². The average molecular weight is 815 g/mol. The molecule has 0 bridgehead atoms. The van der Waals surface area contributed by atoms with E-state index in [1.54, 1.807) is 0 Å². The summed E-state index contributed by atoms with van der Waals surface area (Å²) in [5.74, 6) is 0. The third kappa shape index (κ3) is 6.44. The minimum atomic E-state index is 1.08. The Balaban J connectivity index is 1.20. The van der Waals surface area contributed by atoms with Crippen LogP contribution < -0.4 is 9.80 Å². The largest absolute Gasteiger partial charge is 0.310 e. The van der Waals surface area contributed by atoms with Crippen LogP contribution >= 0.6 is 0 Å². The van der Waals surface area contributed by atoms with E-state index >= 15 is 0 Å². The van der Waals surface area contributed by atoms with Gasteiger partial charge in [-0.3, -0.25) is 0 Å². The molecule has 2 nitrogen and oxygen atoms in total. The maximum Gasteiger partial charge on any atom is 0.0546 e. The highest BCUT2D eigenvalue weighted by Crippen LogP contribution is 2.50. The average Bonchev–Trinajstić information content (AvgIpc) is 3.37. The van der Waals surface area contributed by atoms with Gasteiger partial charge in [0.25, 0.3) is 0 Å². The van der Waals surface area contributed by atoms with Crippen LogP contribution in [0.4, 0.5) is 34.1 Å². The Bertz CT molecular complexity index is 3660. The molecular weight excluding hydrogens is 773 g/mol. The first kappa shape index (κ1) is 37.3. The van der Waals surface area contributed by atoms with Crippen molar-refractivity contribution in [2.45, 2.75) is 0 Å². The lowest BCUT2D eigenvalue weighted by atomic mass is 9.91. The van der Waals surface area contributed by atoms with E-state index < -0.39 is 0 Å². The first-order valence-electron chi connectivity index (χ1n) is 22.0. The standard InChI is InChI=1S/C62H42N2/c1-5-21-43(22-6-1)57-41-50(63(48-27-9-3-10-28-48)60-38-45-25-13-15-31-51(45)53-33-17-19-35-55(53)60)37-47-40-62(59(42-58(47)57)44-23-7-2-8-24-44)64(49-29-11-4-12-30-49)61-39-46-26-14-16-32-52(46)54-34-18-20-36-56(54)61/h1-42H. The van der Waals surface area contributed by atoms with Crippen LogP contribution in [0.3, 0.4) is 0 Å². The number of hydrogen-bond acceptors (Lipinski definition) is 2. The van der Waals surface area contributed by atoms with E-state index in [4.69, 9.17) is 0 Å². The Morgan fingerprint density at radius 2 is 0.594 bits per heavy atom. The van der Waals surface area contributed by atoms with E-state index in [1.807, 2.05) is 0 Å². The molecule has 12 rings (SSSR count). The molecule has 0 aliphatic carbocycles. The fourth-order valence-electron chi connectivity index (χ4n) is 9.83. The minimum Gasteiger partial charge on any atom is -0.310 e. The smallest absolute Gasteiger partial charge is 0.0546 e. The molecule has 0 saturated heterocycles. The molecule has 0 unspecified atom stereocenters. The Kier molecular flexibility index (Phi) is 9.20. The second kappa shape index (κ2) is 15.8. The number of anilines is 6. The highest BCUT2D eigenvalue weighted by atomic mass is 15.2. The zero-order valence-electron chi connectivity index (χ0n) is 35.1. The van der Waals surface area contributed by atoms with Crippen LogP contribution in [0.25, 0.3) is 76.1 Å². The summed E-state index contributed by atoms with van der Waals surface area (Å²) >= 11 is 0. The molecule has 0 atom stereocenters. The summed E-state index contributed by atoms with van der Waals surface area (Å²) in [6.45, 7) is 0. The van der Waals surface area contributed by atoms with Crippen molar-refractivity contribution in [2.75, 3.05) is 9.80 Å². The number of rotatable bonds is 8. The maximum atomic E-state index is 2.48. The van der Waals surface area contributed by atoms with Crippen molar-refractivity contribution in [3.05, 3.63) is 255 Å². The Morgan fingerprint density at radius 1 is 0.203 bits per heavy atom. The van der Waals surface area contributed by atoms with Gasteiger partial charge >= 0.3 is 0 Å². The molecule has 64 heavy (non-hydrogen) atoms. The van der Waals surface area contributed by atoms with Crippen LogP contribution in [-0.4, -0.2) is 0 Å². The normalized spacial score (nSPS) is 11.4. The number of benzene rings is 12. The molecule has 2 heteroatoms. The van der Waals surface area contributed by atoms with Crippen LogP contribution in [-0.2, 0) is 0 Å². The van der Waals surface area contributed by atoms with Crippen LogP contribution in [0.15, 0.2) is 255 Å². The van der Waals surface area contributed by atoms with Crippen molar-refractivity contribution in [1.29, 1.82) is 0 Å². The van der Waals surface area contributed by atoms with Gasteiger partial charge in [-0.25, -0.2) is 0 Å². The zero-order valence-corrected chi connectivity index (χ0v) is 35.1. The second-order valence-corrected chi connectivity index (χ2v) is 16.5. The van der Waals surface area contributed by atoms with Gasteiger partial charge in [0.2, 0.25) is 0 Å². The highest BCUT2D eigenvalue weighted by Gasteiger charge is 2.24. The fourth-order valence-corrected chi connectivity index (χ4v) is 9.83. The minimum absolute atomic E-state index is 1.08. The lowest BCUT2D eigenvalue weighted by Gasteiger charge is -2.31. The van der Waals surface area contributed by atoms with Crippen LogP contribution in [0.5, 0.6) is 0 Å². The van der Waals surface area contributed by atoms with Crippen LogP contribution in [0, 0.1) is 0 Å². The van der Waals surface area contributed by atoms with Gasteiger partial charge in [-0.05, 0) is 120 Å². The second-order valence-electron chi connectivity index (χ2n) is 16.5. The highest BCUT2D eigenvalue weighted by molar-refractivity contribution is 6.17. The van der Waals surface area contributed by atoms with E-state index in [1.165, 1.54) is 54.0 Å². The first-order chi connectivity index (χ1) is 31.8. The summed E-state index contributed by atoms with van der Waals surface area (Å²) in [7, 11) is 0. The van der Waals surface area contributed by atoms with Crippen molar-refractivity contribution in [1.82, 2.24) is 0 Å². The number of para-hydroxylation sites is 2. The predicted molar refractivity (Wildman–Crippen MR) is 274 cm³/mol. The number of nitrogens with zero attached hydrogens (tertiary/aromatic N) is 2. The number of fused-ring (bicyclic) bond motifs is 7. The van der Waals surface area contributed by atoms with Gasteiger partial charge in [-0.15, -0.1) is 0 Å². The molecule has 0 fully saturated rings. The summed E-state index contributed by atoms with van der Waals surface area (Å²) in [5, 5.41) is 12.1. The predicted octanol–water partition coefficient (Wildman–Crippen LogP) is 17.7. The maximum absolute atomic E-state index is 2.48. The van der Waals surface area contributed by atoms with E-state index in [0.717, 1.165) is 56.2 Å². The lowest BCUT2D eigenvalue weighted by molar-refractivity contribution is 1.30. The quantitative estimate of drug-likeness (QED) is 0.141. The molecule has 0 N–H and O–H groups in total. The Hall–Kier alpha value is -8.46. The summed E-state index contributed by atoms with van der Waals surface area (Å²) < 4.78 is 0. The molecule has 0 spiro atoms. The van der Waals surface area contributed by atoms with Gasteiger partial charge in [0, 0.05) is 33.4 Å². The van der Waals surface area contributed by atoms with Crippen molar-refractivity contribution >= 4 is 88.0 Å². The molecule has 0 heterocycles. The molecule has 0 aliphatic heterocycles. The van der Waals surface area contributed by atoms with Crippen molar-refractivity contribution in [3.63, 3.8) is 0 Å². The summed E-state index contributed by atoms with van der Waals surface area (Å²) in [5.41, 5.74) is 11.3. The third-order valence-corrected chi connectivity index (χ3v) is 12.7. The van der Waals surface area contributed by atoms with E-state index in [9.17, 15) is 0 Å². The summed E-state index contributed by atoms with van der Waals surface area (Å²) in [4.78, 5) is 4.94. The van der Waals surface area contributed by atoms with Gasteiger partial charge in [0.1, 0.15) is 0 Å². The molecule has 0 aromatic heterocycles. The third-order valence-electron chi connectivity index (χ3n) is 12.7. The van der Waals surface area contributed by atoms with E-state index in [2.05, 4.69) is 265 Å². The fraction of sp³-hybridized carbons (Fsp3) is 0. The van der Waals surface area contributed by atoms with Crippen molar-refractivity contribution in [2.24, 2.45) is 0 Å². The lowest BCUT2D eigenvalue weighted by Crippen LogP contribution is -2.13. The molecule has 300 valence electrons. The topological polar surface area (TPSA) is 6.48 Å². The Labute approximate surface area is 373 Å². The van der Waals surface area contributed by atoms with Gasteiger partial charge in [0.15, 0.2) is 0 Å². The molecule has 12 aromatic carbocycles. The van der Waals surface area contributed by atoms with E-state index in [0.29, 0.717) is 0 Å². The molecule has 0 aliphatic rings. The van der Waals surface area contributed by atoms with Gasteiger partial charge in [-0.1, -0.05) is 194 Å². The van der Waals surface area contributed by atoms with Gasteiger partial charge < -0.3 is 9.80 Å². The van der Waals surface area contributed by atoms with E-state index in [-0.39, 0.29) is 0 Å². The van der Waals surface area contributed by atoms with Gasteiger partial charge in [-0.2, -0.15) is 0 Å². The SMILES string of the molecule is c1ccc(-c2cc3c(-c4ccccc4)cc(N(c4ccccc4)c4cc5ccccc5c5ccccc45)cc3cc2N(c2ccccc2)c2cc3ccccc3c3ccccc23)cc1.